The highest BCUT2D eigenvalue weighted by atomic mass is 16.5. The van der Waals surface area contributed by atoms with Crippen LogP contribution in [0.1, 0.15) is 20.7 Å². The zero-order valence-corrected chi connectivity index (χ0v) is 13.4. The topological polar surface area (TPSA) is 107 Å². The van der Waals surface area contributed by atoms with Crippen LogP contribution in [0.5, 0.6) is 5.75 Å². The zero-order valence-electron chi connectivity index (χ0n) is 13.4. The number of nitrogens with zero attached hydrogens (tertiary/aromatic N) is 2. The molecule has 0 saturated heterocycles. The van der Waals surface area contributed by atoms with E-state index in [-0.39, 0.29) is 16.9 Å². The molecule has 8 nitrogen and oxygen atoms in total. The maximum Gasteiger partial charge on any atom is 0.262 e. The number of carbonyl (C=O) groups excluding carboxylic acids is 2. The monoisotopic (exact) mass is 328 g/mol. The number of benzene rings is 1. The number of nitrogens with two attached hydrogens (primary N) is 1. The molecule has 3 rings (SSSR count). The van der Waals surface area contributed by atoms with Gasteiger partial charge in [0.25, 0.3) is 17.4 Å². The van der Waals surface area contributed by atoms with Gasteiger partial charge in [0.2, 0.25) is 0 Å². The van der Waals surface area contributed by atoms with Gasteiger partial charge in [-0.2, -0.15) is 0 Å². The predicted molar refractivity (Wildman–Crippen MR) is 89.1 cm³/mol. The first-order valence-electron chi connectivity index (χ1n) is 7.12. The summed E-state index contributed by atoms with van der Waals surface area (Å²) in [4.78, 5) is 38.0. The first-order chi connectivity index (χ1) is 11.3. The normalized spacial score (nSPS) is 12.8. The van der Waals surface area contributed by atoms with Crippen molar-refractivity contribution in [1.82, 2.24) is 9.88 Å². The summed E-state index contributed by atoms with van der Waals surface area (Å²) < 4.78 is 6.52. The lowest BCUT2D eigenvalue weighted by Gasteiger charge is -2.18. The number of amides is 2. The van der Waals surface area contributed by atoms with Crippen molar-refractivity contribution >= 4 is 23.3 Å². The number of hydrogen-bond donors (Lipinski definition) is 2. The Morgan fingerprint density at radius 1 is 1.12 bits per heavy atom. The van der Waals surface area contributed by atoms with E-state index in [1.807, 2.05) is 19.0 Å². The molecule has 0 fully saturated rings. The lowest BCUT2D eigenvalue weighted by Crippen LogP contribution is -2.24. The van der Waals surface area contributed by atoms with Crippen LogP contribution < -0.4 is 26.2 Å². The second-order valence-electron chi connectivity index (χ2n) is 5.53. The molecule has 0 radical (unpaired) electrons. The first-order valence-corrected chi connectivity index (χ1v) is 7.12. The van der Waals surface area contributed by atoms with E-state index in [1.54, 1.807) is 18.2 Å². The lowest BCUT2D eigenvalue weighted by molar-refractivity contribution is 0.0880. The van der Waals surface area contributed by atoms with Crippen LogP contribution in [-0.4, -0.2) is 37.6 Å². The van der Waals surface area contributed by atoms with E-state index in [9.17, 15) is 14.4 Å². The molecule has 24 heavy (non-hydrogen) atoms. The average molecular weight is 328 g/mol. The number of fused-ring (bicyclic) bond motifs is 1. The molecule has 124 valence electrons. The van der Waals surface area contributed by atoms with Crippen LogP contribution in [0.25, 0.3) is 5.69 Å². The molecule has 2 aromatic rings. The molecule has 2 amide bonds. The molecule has 0 bridgehead atoms. The van der Waals surface area contributed by atoms with Crippen molar-refractivity contribution in [1.29, 1.82) is 0 Å². The van der Waals surface area contributed by atoms with Crippen LogP contribution in [-0.2, 0) is 0 Å². The van der Waals surface area contributed by atoms with Gasteiger partial charge in [-0.25, -0.2) is 0 Å². The van der Waals surface area contributed by atoms with Gasteiger partial charge in [-0.1, -0.05) is 0 Å². The summed E-state index contributed by atoms with van der Waals surface area (Å²) in [5, 5.41) is 2.13. The van der Waals surface area contributed by atoms with Crippen LogP contribution in [0.15, 0.2) is 29.1 Å². The van der Waals surface area contributed by atoms with Crippen molar-refractivity contribution in [3.63, 3.8) is 0 Å². The Kier molecular flexibility index (Phi) is 3.52. The van der Waals surface area contributed by atoms with Gasteiger partial charge in [0.1, 0.15) is 11.6 Å². The number of pyridine rings is 1. The molecule has 0 spiro atoms. The smallest absolute Gasteiger partial charge is 0.262 e. The van der Waals surface area contributed by atoms with E-state index in [0.29, 0.717) is 11.4 Å². The third-order valence-electron chi connectivity index (χ3n) is 3.87. The van der Waals surface area contributed by atoms with Gasteiger partial charge in [-0.15, -0.1) is 0 Å². The number of imide groups is 1. The van der Waals surface area contributed by atoms with E-state index in [1.165, 1.54) is 7.11 Å². The minimum atomic E-state index is -0.624. The molecule has 8 heteroatoms. The Balaban J connectivity index is 2.29. The van der Waals surface area contributed by atoms with Gasteiger partial charge in [0, 0.05) is 31.9 Å². The van der Waals surface area contributed by atoms with Crippen LogP contribution in [0.2, 0.25) is 0 Å². The quantitative estimate of drug-likeness (QED) is 0.789. The first kappa shape index (κ1) is 15.6. The highest BCUT2D eigenvalue weighted by Gasteiger charge is 2.32. The number of aromatic nitrogens is 1. The molecule has 0 atom stereocenters. The second-order valence-corrected chi connectivity index (χ2v) is 5.53. The van der Waals surface area contributed by atoms with Crippen molar-refractivity contribution in [2.75, 3.05) is 31.8 Å². The molecule has 3 N–H and O–H groups in total. The summed E-state index contributed by atoms with van der Waals surface area (Å²) in [6, 6.07) is 6.32. The van der Waals surface area contributed by atoms with Crippen LogP contribution in [0.4, 0.5) is 11.5 Å². The number of carbonyl (C=O) groups is 2. The predicted octanol–water partition coefficient (Wildman–Crippen LogP) is 0.378. The Hall–Kier alpha value is -3.29. The maximum absolute atomic E-state index is 12.5. The third kappa shape index (κ3) is 2.19. The van der Waals surface area contributed by atoms with Gasteiger partial charge in [0.05, 0.1) is 23.9 Å². The average Bonchev–Trinajstić information content (AvgIpc) is 2.81. The van der Waals surface area contributed by atoms with Crippen molar-refractivity contribution in [2.24, 2.45) is 0 Å². The fraction of sp³-hybridized carbons (Fsp3) is 0.188. The van der Waals surface area contributed by atoms with E-state index in [4.69, 9.17) is 10.5 Å². The van der Waals surface area contributed by atoms with Crippen molar-refractivity contribution in [3.05, 3.63) is 45.7 Å². The van der Waals surface area contributed by atoms with E-state index in [2.05, 4.69) is 5.32 Å². The van der Waals surface area contributed by atoms with Gasteiger partial charge < -0.3 is 15.4 Å². The molecular weight excluding hydrogens is 312 g/mol. The Labute approximate surface area is 137 Å². The Bertz CT molecular complexity index is 930. The molecule has 1 aromatic carbocycles. The Morgan fingerprint density at radius 2 is 1.83 bits per heavy atom. The van der Waals surface area contributed by atoms with Gasteiger partial charge in [-0.05, 0) is 12.1 Å². The van der Waals surface area contributed by atoms with E-state index in [0.717, 1.165) is 16.3 Å². The number of methoxy groups -OCH3 is 1. The van der Waals surface area contributed by atoms with Crippen LogP contribution in [0, 0.1) is 0 Å². The minimum absolute atomic E-state index is 0.00154. The van der Waals surface area contributed by atoms with Crippen LogP contribution >= 0.6 is 0 Å². The molecule has 0 saturated carbocycles. The van der Waals surface area contributed by atoms with Crippen molar-refractivity contribution in [3.8, 4) is 11.4 Å². The SMILES string of the molecule is COc1cc(N(C)C)ccc1-n1c(N)c2c(cc1=O)C(=O)NC2=O. The highest BCUT2D eigenvalue weighted by Crippen LogP contribution is 2.30. The summed E-state index contributed by atoms with van der Waals surface area (Å²) >= 11 is 0. The largest absolute Gasteiger partial charge is 0.494 e. The molecule has 1 aliphatic rings. The van der Waals surface area contributed by atoms with Crippen molar-refractivity contribution < 1.29 is 14.3 Å². The number of rotatable bonds is 3. The summed E-state index contributed by atoms with van der Waals surface area (Å²) in [5.74, 6) is -0.928. The second kappa shape index (κ2) is 5.41. The van der Waals surface area contributed by atoms with E-state index >= 15 is 0 Å². The standard InChI is InChI=1S/C16H16N4O4/c1-19(2)8-4-5-10(11(6-8)24-3)20-12(21)7-9-13(14(20)17)16(23)18-15(9)22/h4-7H,17H2,1-3H3,(H,18,22,23). The highest BCUT2D eigenvalue weighted by molar-refractivity contribution is 6.23. The molecule has 1 aromatic heterocycles. The summed E-state index contributed by atoms with van der Waals surface area (Å²) in [5.41, 5.74) is 6.75. The fourth-order valence-corrected chi connectivity index (χ4v) is 2.66. The maximum atomic E-state index is 12.5. The van der Waals surface area contributed by atoms with Gasteiger partial charge in [-0.3, -0.25) is 24.3 Å². The molecule has 1 aliphatic heterocycles. The Morgan fingerprint density at radius 3 is 2.46 bits per heavy atom. The summed E-state index contributed by atoms with van der Waals surface area (Å²) in [6.07, 6.45) is 0. The molecule has 2 heterocycles. The van der Waals surface area contributed by atoms with Crippen molar-refractivity contribution in [2.45, 2.75) is 0 Å². The number of nitrogens with one attached hydrogen (secondary N) is 1. The number of ether oxygens (including phenoxy) is 1. The summed E-state index contributed by atoms with van der Waals surface area (Å²) in [7, 11) is 5.23. The minimum Gasteiger partial charge on any atom is -0.494 e. The number of anilines is 2. The molecular formula is C16H16N4O4. The number of hydrogen-bond acceptors (Lipinski definition) is 6. The van der Waals surface area contributed by atoms with E-state index < -0.39 is 17.4 Å². The molecule has 0 unspecified atom stereocenters. The molecule has 0 aliphatic carbocycles. The summed E-state index contributed by atoms with van der Waals surface area (Å²) in [6.45, 7) is 0. The van der Waals surface area contributed by atoms with Gasteiger partial charge >= 0.3 is 0 Å². The van der Waals surface area contributed by atoms with Crippen LogP contribution in [0.3, 0.4) is 0 Å². The van der Waals surface area contributed by atoms with Gasteiger partial charge in [0.15, 0.2) is 0 Å². The zero-order chi connectivity index (χ0) is 17.6. The fourth-order valence-electron chi connectivity index (χ4n) is 2.66. The lowest BCUT2D eigenvalue weighted by atomic mass is 10.1. The number of nitrogen functional groups attached to an aromatic ring is 1. The third-order valence-corrected chi connectivity index (χ3v) is 3.87.